The third kappa shape index (κ3) is 3.75. The second-order valence-corrected chi connectivity index (χ2v) is 7.96. The van der Waals surface area contributed by atoms with Crippen molar-refractivity contribution in [3.05, 3.63) is 47.7 Å². The fourth-order valence-electron chi connectivity index (χ4n) is 3.26. The van der Waals surface area contributed by atoms with Gasteiger partial charge < -0.3 is 14.7 Å². The Morgan fingerprint density at radius 3 is 2.65 bits per heavy atom. The quantitative estimate of drug-likeness (QED) is 0.670. The summed E-state index contributed by atoms with van der Waals surface area (Å²) >= 11 is 1.61. The third-order valence-electron chi connectivity index (χ3n) is 4.95. The normalized spacial score (nSPS) is 16.6. The molecule has 3 heterocycles. The van der Waals surface area contributed by atoms with Crippen LogP contribution in [0.4, 0.5) is 11.4 Å². The van der Waals surface area contributed by atoms with Gasteiger partial charge in [-0.15, -0.1) is 11.3 Å². The molecule has 1 atom stereocenters. The molecule has 0 saturated carbocycles. The lowest BCUT2D eigenvalue weighted by Gasteiger charge is -2.32. The Balaban J connectivity index is 1.39. The average Bonchev–Trinajstić information content (AvgIpc) is 3.35. The number of nitrogens with one attached hydrogen (secondary N) is 1. The van der Waals surface area contributed by atoms with Crippen LogP contribution in [-0.2, 0) is 0 Å². The minimum atomic E-state index is -0.0436. The topological polar surface area (TPSA) is 54.2 Å². The van der Waals surface area contributed by atoms with E-state index in [1.54, 1.807) is 11.3 Å². The number of thiophene rings is 1. The highest BCUT2D eigenvalue weighted by atomic mass is 32.1. The lowest BCUT2D eigenvalue weighted by Crippen LogP contribution is -2.32. The van der Waals surface area contributed by atoms with Crippen molar-refractivity contribution in [2.24, 2.45) is 5.92 Å². The standard InChI is InChI=1S/C20H24N4OS/c1-14-9-11-24(12-10-14)17-7-5-16(6-8-17)21-15(2)20-22-19(23-25-20)18-4-3-13-26-18/h3-8,13-15,21H,9-12H2,1-2H3. The van der Waals surface area contributed by atoms with Crippen LogP contribution in [0.2, 0.25) is 0 Å². The van der Waals surface area contributed by atoms with Gasteiger partial charge in [-0.05, 0) is 61.4 Å². The van der Waals surface area contributed by atoms with Crippen molar-refractivity contribution in [3.8, 4) is 10.7 Å². The Labute approximate surface area is 158 Å². The summed E-state index contributed by atoms with van der Waals surface area (Å²) < 4.78 is 5.43. The van der Waals surface area contributed by atoms with Gasteiger partial charge in [0.15, 0.2) is 0 Å². The SMILES string of the molecule is CC1CCN(c2ccc(NC(C)c3nc(-c4cccs4)no3)cc2)CC1. The lowest BCUT2D eigenvalue weighted by molar-refractivity contribution is 0.368. The molecular formula is C20H24N4OS. The minimum Gasteiger partial charge on any atom is -0.374 e. The van der Waals surface area contributed by atoms with E-state index in [2.05, 4.69) is 51.5 Å². The summed E-state index contributed by atoms with van der Waals surface area (Å²) in [5.74, 6) is 2.10. The highest BCUT2D eigenvalue weighted by Gasteiger charge is 2.17. The first kappa shape index (κ1) is 17.1. The smallest absolute Gasteiger partial charge is 0.249 e. The van der Waals surface area contributed by atoms with Gasteiger partial charge in [-0.2, -0.15) is 4.98 Å². The first-order chi connectivity index (χ1) is 12.7. The van der Waals surface area contributed by atoms with Crippen LogP contribution in [-0.4, -0.2) is 23.2 Å². The van der Waals surface area contributed by atoms with E-state index in [0.29, 0.717) is 11.7 Å². The number of hydrogen-bond acceptors (Lipinski definition) is 6. The molecule has 1 aliphatic rings. The Hall–Kier alpha value is -2.34. The largest absolute Gasteiger partial charge is 0.374 e. The van der Waals surface area contributed by atoms with Crippen molar-refractivity contribution in [1.82, 2.24) is 10.1 Å². The molecule has 3 aromatic rings. The molecule has 6 heteroatoms. The second-order valence-electron chi connectivity index (χ2n) is 7.02. The summed E-state index contributed by atoms with van der Waals surface area (Å²) in [7, 11) is 0. The monoisotopic (exact) mass is 368 g/mol. The second kappa shape index (κ2) is 7.50. The minimum absolute atomic E-state index is 0.0436. The van der Waals surface area contributed by atoms with Crippen molar-refractivity contribution >= 4 is 22.7 Å². The molecule has 4 rings (SSSR count). The number of aromatic nitrogens is 2. The number of rotatable bonds is 5. The maximum atomic E-state index is 5.43. The average molecular weight is 369 g/mol. The summed E-state index contributed by atoms with van der Waals surface area (Å²) in [6.45, 7) is 6.68. The zero-order valence-electron chi connectivity index (χ0n) is 15.2. The van der Waals surface area contributed by atoms with Gasteiger partial charge in [0.2, 0.25) is 11.7 Å². The third-order valence-corrected chi connectivity index (χ3v) is 5.82. The number of nitrogens with zero attached hydrogens (tertiary/aromatic N) is 3. The number of piperidine rings is 1. The van der Waals surface area contributed by atoms with E-state index in [4.69, 9.17) is 4.52 Å². The van der Waals surface area contributed by atoms with Crippen LogP contribution in [0.1, 0.15) is 38.6 Å². The number of benzene rings is 1. The van der Waals surface area contributed by atoms with E-state index in [1.165, 1.54) is 18.5 Å². The van der Waals surface area contributed by atoms with Crippen molar-refractivity contribution in [2.75, 3.05) is 23.3 Å². The predicted octanol–water partition coefficient (Wildman–Crippen LogP) is 5.21. The summed E-state index contributed by atoms with van der Waals surface area (Å²) in [5.41, 5.74) is 2.36. The fraction of sp³-hybridized carbons (Fsp3) is 0.400. The van der Waals surface area contributed by atoms with Crippen LogP contribution in [0, 0.1) is 5.92 Å². The van der Waals surface area contributed by atoms with Gasteiger partial charge in [-0.1, -0.05) is 18.1 Å². The van der Waals surface area contributed by atoms with E-state index in [1.807, 2.05) is 24.4 Å². The van der Waals surface area contributed by atoms with Crippen LogP contribution in [0.15, 0.2) is 46.3 Å². The first-order valence-electron chi connectivity index (χ1n) is 9.18. The van der Waals surface area contributed by atoms with E-state index < -0.39 is 0 Å². The Bertz CT molecular complexity index is 820. The Kier molecular flexibility index (Phi) is 4.93. The molecule has 1 aromatic carbocycles. The Morgan fingerprint density at radius 2 is 1.96 bits per heavy atom. The highest BCUT2D eigenvalue weighted by molar-refractivity contribution is 7.13. The fourth-order valence-corrected chi connectivity index (χ4v) is 3.91. The van der Waals surface area contributed by atoms with Crippen LogP contribution in [0.3, 0.4) is 0 Å². The van der Waals surface area contributed by atoms with Gasteiger partial charge in [0.1, 0.15) is 6.04 Å². The molecule has 1 saturated heterocycles. The van der Waals surface area contributed by atoms with Crippen molar-refractivity contribution in [3.63, 3.8) is 0 Å². The molecule has 1 unspecified atom stereocenters. The van der Waals surface area contributed by atoms with E-state index in [9.17, 15) is 0 Å². The molecule has 1 aliphatic heterocycles. The van der Waals surface area contributed by atoms with Gasteiger partial charge in [-0.3, -0.25) is 0 Å². The van der Waals surface area contributed by atoms with Gasteiger partial charge in [0.05, 0.1) is 4.88 Å². The number of anilines is 2. The van der Waals surface area contributed by atoms with Crippen LogP contribution in [0.25, 0.3) is 10.7 Å². The zero-order chi connectivity index (χ0) is 17.9. The lowest BCUT2D eigenvalue weighted by atomic mass is 9.99. The van der Waals surface area contributed by atoms with Crippen molar-refractivity contribution < 1.29 is 4.52 Å². The first-order valence-corrected chi connectivity index (χ1v) is 10.1. The molecular weight excluding hydrogens is 344 g/mol. The van der Waals surface area contributed by atoms with E-state index >= 15 is 0 Å². The maximum absolute atomic E-state index is 5.43. The summed E-state index contributed by atoms with van der Waals surface area (Å²) in [5, 5.41) is 9.53. The van der Waals surface area contributed by atoms with Crippen molar-refractivity contribution in [2.45, 2.75) is 32.7 Å². The van der Waals surface area contributed by atoms with Gasteiger partial charge >= 0.3 is 0 Å². The molecule has 2 aromatic heterocycles. The van der Waals surface area contributed by atoms with E-state index in [0.717, 1.165) is 29.6 Å². The molecule has 0 aliphatic carbocycles. The summed E-state index contributed by atoms with van der Waals surface area (Å²) in [4.78, 5) is 8.00. The van der Waals surface area contributed by atoms with E-state index in [-0.39, 0.29) is 6.04 Å². The van der Waals surface area contributed by atoms with Gasteiger partial charge in [-0.25, -0.2) is 0 Å². The van der Waals surface area contributed by atoms with Crippen LogP contribution >= 0.6 is 11.3 Å². The number of hydrogen-bond donors (Lipinski definition) is 1. The molecule has 136 valence electrons. The van der Waals surface area contributed by atoms with Gasteiger partial charge in [0.25, 0.3) is 0 Å². The molecule has 1 N–H and O–H groups in total. The molecule has 5 nitrogen and oxygen atoms in total. The highest BCUT2D eigenvalue weighted by Crippen LogP contribution is 2.27. The summed E-state index contributed by atoms with van der Waals surface area (Å²) in [6, 6.07) is 12.6. The maximum Gasteiger partial charge on any atom is 0.249 e. The van der Waals surface area contributed by atoms with Gasteiger partial charge in [0, 0.05) is 24.5 Å². The summed E-state index contributed by atoms with van der Waals surface area (Å²) in [6.07, 6.45) is 2.56. The Morgan fingerprint density at radius 1 is 1.19 bits per heavy atom. The van der Waals surface area contributed by atoms with Crippen molar-refractivity contribution in [1.29, 1.82) is 0 Å². The molecule has 26 heavy (non-hydrogen) atoms. The van der Waals surface area contributed by atoms with Crippen LogP contribution in [0.5, 0.6) is 0 Å². The predicted molar refractivity (Wildman–Crippen MR) is 107 cm³/mol. The molecule has 0 amide bonds. The molecule has 0 bridgehead atoms. The zero-order valence-corrected chi connectivity index (χ0v) is 16.0. The molecule has 0 spiro atoms. The molecule has 0 radical (unpaired) electrons. The molecule has 1 fully saturated rings. The van der Waals surface area contributed by atoms with Crippen LogP contribution < -0.4 is 10.2 Å².